The Morgan fingerprint density at radius 3 is 2.81 bits per heavy atom. The Hall–Kier alpha value is -1.19. The van der Waals surface area contributed by atoms with Gasteiger partial charge in [0.1, 0.15) is 0 Å². The van der Waals surface area contributed by atoms with Crippen molar-refractivity contribution in [3.8, 4) is 0 Å². The lowest BCUT2D eigenvalue weighted by molar-refractivity contribution is 0.182. The maximum absolute atomic E-state index is 10.0. The minimum Gasteiger partial charge on any atom is -0.387 e. The number of aliphatic hydroxyl groups is 1. The predicted molar refractivity (Wildman–Crippen MR) is 66.7 cm³/mol. The third kappa shape index (κ3) is 2.68. The van der Waals surface area contributed by atoms with Gasteiger partial charge in [-0.15, -0.1) is 11.3 Å². The first-order valence-corrected chi connectivity index (χ1v) is 6.13. The Labute approximate surface area is 99.6 Å². The molecular weight excluding hydrogens is 218 g/mol. The second kappa shape index (κ2) is 4.76. The lowest BCUT2D eigenvalue weighted by atomic mass is 10.1. The average Bonchev–Trinajstić information content (AvgIpc) is 2.65. The molecule has 16 heavy (non-hydrogen) atoms. The Bertz CT molecular complexity index is 478. The Morgan fingerprint density at radius 1 is 1.38 bits per heavy atom. The van der Waals surface area contributed by atoms with Gasteiger partial charge in [-0.3, -0.25) is 0 Å². The lowest BCUT2D eigenvalue weighted by Crippen LogP contribution is -1.99. The molecule has 0 aliphatic carbocycles. The molecule has 1 heterocycles. The van der Waals surface area contributed by atoms with Gasteiger partial charge in [-0.2, -0.15) is 0 Å². The maximum atomic E-state index is 10.0. The van der Waals surface area contributed by atoms with Crippen LogP contribution in [0.15, 0.2) is 30.5 Å². The first kappa shape index (κ1) is 11.3. The van der Waals surface area contributed by atoms with Crippen molar-refractivity contribution in [2.24, 2.45) is 0 Å². The van der Waals surface area contributed by atoms with Gasteiger partial charge in [0.05, 0.1) is 16.0 Å². The highest BCUT2D eigenvalue weighted by atomic mass is 32.1. The van der Waals surface area contributed by atoms with Crippen molar-refractivity contribution in [3.63, 3.8) is 0 Å². The third-order valence-corrected chi connectivity index (χ3v) is 3.49. The number of nitrogens with zero attached hydrogens (tertiary/aromatic N) is 1. The lowest BCUT2D eigenvalue weighted by Gasteiger charge is -2.08. The smallest absolute Gasteiger partial charge is 0.0938 e. The van der Waals surface area contributed by atoms with Crippen LogP contribution < -0.4 is 0 Å². The summed E-state index contributed by atoms with van der Waals surface area (Å²) in [7, 11) is 0. The number of aromatic nitrogens is 1. The molecule has 0 saturated heterocycles. The van der Waals surface area contributed by atoms with Gasteiger partial charge >= 0.3 is 0 Å². The van der Waals surface area contributed by atoms with Gasteiger partial charge < -0.3 is 5.11 Å². The molecule has 0 aliphatic rings. The van der Waals surface area contributed by atoms with Crippen molar-refractivity contribution in [2.75, 3.05) is 0 Å². The molecular formula is C13H15NOS. The standard InChI is InChI=1S/C13H15NOS/c1-9-4-3-5-11(6-9)7-12(15)13-8-14-10(2)16-13/h3-6,8,12,15H,7H2,1-2H3. The van der Waals surface area contributed by atoms with Crippen molar-refractivity contribution < 1.29 is 5.11 Å². The summed E-state index contributed by atoms with van der Waals surface area (Å²) in [6, 6.07) is 8.24. The fourth-order valence-corrected chi connectivity index (χ4v) is 2.47. The summed E-state index contributed by atoms with van der Waals surface area (Å²) in [6.07, 6.45) is 1.98. The van der Waals surface area contributed by atoms with E-state index in [2.05, 4.69) is 24.0 Å². The third-order valence-electron chi connectivity index (χ3n) is 2.48. The summed E-state index contributed by atoms with van der Waals surface area (Å²) >= 11 is 1.56. The Kier molecular flexibility index (Phi) is 3.36. The highest BCUT2D eigenvalue weighted by Gasteiger charge is 2.11. The van der Waals surface area contributed by atoms with Crippen LogP contribution in [0.4, 0.5) is 0 Å². The summed E-state index contributed by atoms with van der Waals surface area (Å²) in [5.74, 6) is 0. The molecule has 0 bridgehead atoms. The molecule has 84 valence electrons. The second-order valence-electron chi connectivity index (χ2n) is 3.99. The molecule has 1 unspecified atom stereocenters. The van der Waals surface area contributed by atoms with Crippen LogP contribution in [0.1, 0.15) is 27.1 Å². The molecule has 1 aromatic heterocycles. The van der Waals surface area contributed by atoms with Crippen molar-refractivity contribution in [1.29, 1.82) is 0 Å². The highest BCUT2D eigenvalue weighted by Crippen LogP contribution is 2.23. The minimum absolute atomic E-state index is 0.437. The molecule has 0 saturated carbocycles. The van der Waals surface area contributed by atoms with Crippen molar-refractivity contribution in [2.45, 2.75) is 26.4 Å². The molecule has 3 heteroatoms. The van der Waals surface area contributed by atoms with Crippen LogP contribution in [0, 0.1) is 13.8 Å². The van der Waals surface area contributed by atoms with E-state index in [0.717, 1.165) is 9.88 Å². The molecule has 1 N–H and O–H groups in total. The summed E-state index contributed by atoms with van der Waals surface area (Å²) < 4.78 is 0. The van der Waals surface area contributed by atoms with Crippen LogP contribution in [-0.4, -0.2) is 10.1 Å². The minimum atomic E-state index is -0.437. The molecule has 0 amide bonds. The Morgan fingerprint density at radius 2 is 2.19 bits per heavy atom. The summed E-state index contributed by atoms with van der Waals surface area (Å²) in [4.78, 5) is 5.10. The molecule has 0 radical (unpaired) electrons. The molecule has 0 fully saturated rings. The number of hydrogen-bond acceptors (Lipinski definition) is 3. The summed E-state index contributed by atoms with van der Waals surface area (Å²) in [5, 5.41) is 11.0. The van der Waals surface area contributed by atoms with Crippen molar-refractivity contribution in [1.82, 2.24) is 4.98 Å². The van der Waals surface area contributed by atoms with E-state index in [1.165, 1.54) is 11.1 Å². The Balaban J connectivity index is 2.10. The quantitative estimate of drug-likeness (QED) is 0.884. The fourth-order valence-electron chi connectivity index (χ4n) is 1.69. The first-order valence-electron chi connectivity index (χ1n) is 5.31. The highest BCUT2D eigenvalue weighted by molar-refractivity contribution is 7.11. The SMILES string of the molecule is Cc1cccc(CC(O)c2cnc(C)s2)c1. The molecule has 2 rings (SSSR count). The van der Waals surface area contributed by atoms with Gasteiger partial charge in [0.15, 0.2) is 0 Å². The van der Waals surface area contributed by atoms with E-state index >= 15 is 0 Å². The number of aliphatic hydroxyl groups excluding tert-OH is 1. The molecule has 2 aromatic rings. The van der Waals surface area contributed by atoms with Gasteiger partial charge in [0.2, 0.25) is 0 Å². The number of hydrogen-bond donors (Lipinski definition) is 1. The van der Waals surface area contributed by atoms with Crippen LogP contribution in [0.25, 0.3) is 0 Å². The van der Waals surface area contributed by atoms with E-state index in [-0.39, 0.29) is 0 Å². The van der Waals surface area contributed by atoms with E-state index < -0.39 is 6.10 Å². The van der Waals surface area contributed by atoms with Crippen LogP contribution >= 0.6 is 11.3 Å². The number of aryl methyl sites for hydroxylation is 2. The molecule has 0 spiro atoms. The zero-order valence-electron chi connectivity index (χ0n) is 9.47. The van der Waals surface area contributed by atoms with E-state index in [4.69, 9.17) is 0 Å². The zero-order valence-corrected chi connectivity index (χ0v) is 10.3. The summed E-state index contributed by atoms with van der Waals surface area (Å²) in [5.41, 5.74) is 2.39. The van der Waals surface area contributed by atoms with Crippen molar-refractivity contribution in [3.05, 3.63) is 51.5 Å². The topological polar surface area (TPSA) is 33.1 Å². The zero-order chi connectivity index (χ0) is 11.5. The van der Waals surface area contributed by atoms with E-state index in [1.807, 2.05) is 19.1 Å². The average molecular weight is 233 g/mol. The molecule has 2 nitrogen and oxygen atoms in total. The fraction of sp³-hybridized carbons (Fsp3) is 0.308. The molecule has 1 aromatic carbocycles. The second-order valence-corrected chi connectivity index (χ2v) is 5.26. The molecule has 1 atom stereocenters. The van der Waals surface area contributed by atoms with Crippen molar-refractivity contribution >= 4 is 11.3 Å². The molecule has 0 aliphatic heterocycles. The van der Waals surface area contributed by atoms with Gasteiger partial charge in [0.25, 0.3) is 0 Å². The monoisotopic (exact) mass is 233 g/mol. The normalized spacial score (nSPS) is 12.7. The van der Waals surface area contributed by atoms with E-state index in [0.29, 0.717) is 6.42 Å². The van der Waals surface area contributed by atoms with Crippen LogP contribution in [0.5, 0.6) is 0 Å². The predicted octanol–water partition coefficient (Wildman–Crippen LogP) is 3.04. The number of benzene rings is 1. The van der Waals surface area contributed by atoms with Gasteiger partial charge in [0, 0.05) is 12.6 Å². The van der Waals surface area contributed by atoms with E-state index in [9.17, 15) is 5.11 Å². The first-order chi connectivity index (χ1) is 7.65. The number of rotatable bonds is 3. The van der Waals surface area contributed by atoms with Gasteiger partial charge in [-0.05, 0) is 19.4 Å². The largest absolute Gasteiger partial charge is 0.387 e. The summed E-state index contributed by atoms with van der Waals surface area (Å²) in [6.45, 7) is 4.01. The van der Waals surface area contributed by atoms with Crippen LogP contribution in [-0.2, 0) is 6.42 Å². The number of thiazole rings is 1. The van der Waals surface area contributed by atoms with Gasteiger partial charge in [-0.25, -0.2) is 4.98 Å². The van der Waals surface area contributed by atoms with Gasteiger partial charge in [-0.1, -0.05) is 29.8 Å². The maximum Gasteiger partial charge on any atom is 0.0938 e. The van der Waals surface area contributed by atoms with Crippen LogP contribution in [0.3, 0.4) is 0 Å². The van der Waals surface area contributed by atoms with E-state index in [1.54, 1.807) is 17.5 Å². The van der Waals surface area contributed by atoms with Crippen LogP contribution in [0.2, 0.25) is 0 Å².